The van der Waals surface area contributed by atoms with Gasteiger partial charge in [0.05, 0.1) is 11.1 Å². The first-order valence-electron chi connectivity index (χ1n) is 4.83. The van der Waals surface area contributed by atoms with Crippen LogP contribution in [-0.2, 0) is 6.18 Å². The average Bonchev–Trinajstić information content (AvgIpc) is 2.26. The molecule has 0 heterocycles. The predicted octanol–water partition coefficient (Wildman–Crippen LogP) is 3.32. The first kappa shape index (κ1) is 15.1. The topological polar surface area (TPSA) is 43.4 Å². The van der Waals surface area contributed by atoms with Crippen molar-refractivity contribution >= 4 is 12.1 Å². The number of carbonyl (C=O) groups excluding carboxylic acids is 2. The fraction of sp³-hybridized carbons (Fsp3) is 0.273. The summed E-state index contributed by atoms with van der Waals surface area (Å²) in [6.45, 7) is -2.54. The lowest BCUT2D eigenvalue weighted by Crippen LogP contribution is -2.14. The van der Waals surface area contributed by atoms with Crippen LogP contribution in [0.4, 0.5) is 22.0 Å². The van der Waals surface area contributed by atoms with Gasteiger partial charge in [-0.3, -0.25) is 9.59 Å². The molecule has 0 saturated heterocycles. The first-order valence-corrected chi connectivity index (χ1v) is 4.83. The van der Waals surface area contributed by atoms with Gasteiger partial charge in [0.2, 0.25) is 0 Å². The third kappa shape index (κ3) is 3.49. The number of rotatable bonds is 4. The Morgan fingerprint density at radius 2 is 1.89 bits per heavy atom. The molecule has 0 fully saturated rings. The summed E-state index contributed by atoms with van der Waals surface area (Å²) in [5.74, 6) is -2.03. The van der Waals surface area contributed by atoms with Crippen LogP contribution < -0.4 is 4.74 Å². The number of aldehydes is 1. The van der Waals surface area contributed by atoms with Crippen molar-refractivity contribution in [2.45, 2.75) is 19.7 Å². The van der Waals surface area contributed by atoms with Gasteiger partial charge in [-0.2, -0.15) is 22.0 Å². The van der Waals surface area contributed by atoms with Crippen molar-refractivity contribution in [3.8, 4) is 5.75 Å². The average molecular weight is 282 g/mol. The van der Waals surface area contributed by atoms with E-state index in [0.717, 1.165) is 13.0 Å². The molecule has 19 heavy (non-hydrogen) atoms. The third-order valence-corrected chi connectivity index (χ3v) is 2.16. The zero-order valence-electron chi connectivity index (χ0n) is 9.42. The van der Waals surface area contributed by atoms with E-state index >= 15 is 0 Å². The lowest BCUT2D eigenvalue weighted by Gasteiger charge is -2.16. The number of hydrogen-bond donors (Lipinski definition) is 0. The molecule has 0 atom stereocenters. The summed E-state index contributed by atoms with van der Waals surface area (Å²) in [4.78, 5) is 21.7. The van der Waals surface area contributed by atoms with Gasteiger partial charge in [0, 0.05) is 5.56 Å². The summed E-state index contributed by atoms with van der Waals surface area (Å²) in [5.41, 5.74) is -2.78. The minimum Gasteiger partial charge on any atom is -0.433 e. The molecule has 1 aromatic rings. The molecule has 104 valence electrons. The van der Waals surface area contributed by atoms with E-state index < -0.39 is 41.0 Å². The SMILES string of the molecule is CC(=O)c1cc(C=O)c(OC(F)F)c(C(F)(F)F)c1. The minimum atomic E-state index is -5.03. The van der Waals surface area contributed by atoms with Crippen molar-refractivity contribution in [1.82, 2.24) is 0 Å². The number of ketones is 1. The van der Waals surface area contributed by atoms with Crippen LogP contribution in [0.25, 0.3) is 0 Å². The maximum atomic E-state index is 12.7. The van der Waals surface area contributed by atoms with Crippen molar-refractivity contribution in [2.24, 2.45) is 0 Å². The summed E-state index contributed by atoms with van der Waals surface area (Å²) in [5, 5.41) is 0. The highest BCUT2D eigenvalue weighted by atomic mass is 19.4. The molecule has 8 heteroatoms. The molecule has 0 aliphatic rings. The van der Waals surface area contributed by atoms with Crippen molar-refractivity contribution < 1.29 is 36.3 Å². The van der Waals surface area contributed by atoms with Crippen LogP contribution in [0.1, 0.15) is 33.2 Å². The number of ether oxygens (including phenoxy) is 1. The summed E-state index contributed by atoms with van der Waals surface area (Å²) in [7, 11) is 0. The highest BCUT2D eigenvalue weighted by molar-refractivity contribution is 5.97. The van der Waals surface area contributed by atoms with Crippen LogP contribution in [0.15, 0.2) is 12.1 Å². The molecule has 3 nitrogen and oxygen atoms in total. The van der Waals surface area contributed by atoms with Gasteiger partial charge >= 0.3 is 12.8 Å². The molecule has 0 spiro atoms. The number of carbonyl (C=O) groups is 2. The molecule has 0 amide bonds. The fourth-order valence-electron chi connectivity index (χ4n) is 1.37. The second-order valence-electron chi connectivity index (χ2n) is 3.49. The Morgan fingerprint density at radius 3 is 2.26 bits per heavy atom. The first-order chi connectivity index (χ1) is 8.66. The molecule has 0 N–H and O–H groups in total. The third-order valence-electron chi connectivity index (χ3n) is 2.16. The van der Waals surface area contributed by atoms with Gasteiger partial charge in [0.25, 0.3) is 0 Å². The number of benzene rings is 1. The van der Waals surface area contributed by atoms with Crippen molar-refractivity contribution in [2.75, 3.05) is 0 Å². The van der Waals surface area contributed by atoms with Gasteiger partial charge in [-0.05, 0) is 19.1 Å². The van der Waals surface area contributed by atoms with Crippen LogP contribution in [0, 0.1) is 0 Å². The normalized spacial score (nSPS) is 11.5. The molecular weight excluding hydrogens is 275 g/mol. The summed E-state index contributed by atoms with van der Waals surface area (Å²) < 4.78 is 66.0. The molecule has 0 aliphatic carbocycles. The van der Waals surface area contributed by atoms with Crippen molar-refractivity contribution in [3.05, 3.63) is 28.8 Å². The number of Topliss-reactive ketones (excluding diaryl/α,β-unsaturated/α-hetero) is 1. The van der Waals surface area contributed by atoms with Gasteiger partial charge in [-0.1, -0.05) is 0 Å². The van der Waals surface area contributed by atoms with Crippen LogP contribution in [0.3, 0.4) is 0 Å². The molecule has 0 radical (unpaired) electrons. The highest BCUT2D eigenvalue weighted by Crippen LogP contribution is 2.39. The molecule has 0 aromatic heterocycles. The van der Waals surface area contributed by atoms with E-state index in [0.29, 0.717) is 6.07 Å². The van der Waals surface area contributed by atoms with E-state index in [9.17, 15) is 31.5 Å². The van der Waals surface area contributed by atoms with E-state index in [1.807, 2.05) is 0 Å². The molecular formula is C11H7F5O3. The van der Waals surface area contributed by atoms with Gasteiger partial charge in [-0.15, -0.1) is 0 Å². The van der Waals surface area contributed by atoms with E-state index in [-0.39, 0.29) is 6.29 Å². The van der Waals surface area contributed by atoms with Crippen LogP contribution in [-0.4, -0.2) is 18.7 Å². The molecule has 1 rings (SSSR count). The molecule has 0 saturated carbocycles. The Balaban J connectivity index is 3.57. The predicted molar refractivity (Wildman–Crippen MR) is 53.5 cm³/mol. The van der Waals surface area contributed by atoms with E-state index in [1.54, 1.807) is 0 Å². The largest absolute Gasteiger partial charge is 0.433 e. The van der Waals surface area contributed by atoms with Crippen molar-refractivity contribution in [1.29, 1.82) is 0 Å². The Morgan fingerprint density at radius 1 is 1.32 bits per heavy atom. The lowest BCUT2D eigenvalue weighted by molar-refractivity contribution is -0.141. The standard InChI is InChI=1S/C11H7F5O3/c1-5(18)6-2-7(4-17)9(19-10(12)13)8(3-6)11(14,15)16/h2-4,10H,1H3. The molecule has 0 bridgehead atoms. The smallest absolute Gasteiger partial charge is 0.420 e. The number of halogens is 5. The zero-order chi connectivity index (χ0) is 14.8. The summed E-state index contributed by atoms with van der Waals surface area (Å²) >= 11 is 0. The molecule has 1 aromatic carbocycles. The zero-order valence-corrected chi connectivity index (χ0v) is 9.42. The minimum absolute atomic E-state index is 0.0839. The second kappa shape index (κ2) is 5.33. The van der Waals surface area contributed by atoms with Crippen molar-refractivity contribution in [3.63, 3.8) is 0 Å². The Labute approximate surface area is 104 Å². The van der Waals surface area contributed by atoms with E-state index in [2.05, 4.69) is 4.74 Å². The van der Waals surface area contributed by atoms with E-state index in [1.165, 1.54) is 0 Å². The second-order valence-corrected chi connectivity index (χ2v) is 3.49. The van der Waals surface area contributed by atoms with Crippen LogP contribution >= 0.6 is 0 Å². The summed E-state index contributed by atoms with van der Waals surface area (Å²) in [6.07, 6.45) is -5.12. The monoisotopic (exact) mass is 282 g/mol. The summed E-state index contributed by atoms with van der Waals surface area (Å²) in [6, 6.07) is 1.13. The Bertz CT molecular complexity index is 508. The highest BCUT2D eigenvalue weighted by Gasteiger charge is 2.37. The number of hydrogen-bond acceptors (Lipinski definition) is 3. The van der Waals surface area contributed by atoms with Gasteiger partial charge in [0.1, 0.15) is 5.75 Å². The maximum absolute atomic E-state index is 12.7. The fourth-order valence-corrected chi connectivity index (χ4v) is 1.37. The van der Waals surface area contributed by atoms with Crippen LogP contribution in [0.5, 0.6) is 5.75 Å². The molecule has 0 unspecified atom stereocenters. The van der Waals surface area contributed by atoms with Crippen LogP contribution in [0.2, 0.25) is 0 Å². The number of alkyl halides is 5. The Kier molecular flexibility index (Phi) is 4.23. The van der Waals surface area contributed by atoms with Gasteiger partial charge in [-0.25, -0.2) is 0 Å². The molecule has 0 aliphatic heterocycles. The Hall–Kier alpha value is -1.99. The van der Waals surface area contributed by atoms with Gasteiger partial charge < -0.3 is 4.74 Å². The van der Waals surface area contributed by atoms with Gasteiger partial charge in [0.15, 0.2) is 12.1 Å². The maximum Gasteiger partial charge on any atom is 0.420 e. The lowest BCUT2D eigenvalue weighted by atomic mass is 10.0. The quantitative estimate of drug-likeness (QED) is 0.483. The van der Waals surface area contributed by atoms with E-state index in [4.69, 9.17) is 0 Å².